The van der Waals surface area contributed by atoms with E-state index in [1.165, 1.54) is 12.1 Å². The van der Waals surface area contributed by atoms with Gasteiger partial charge < -0.3 is 15.1 Å². The minimum absolute atomic E-state index is 0.245. The molecule has 0 saturated carbocycles. The van der Waals surface area contributed by atoms with E-state index < -0.39 is 6.03 Å². The largest absolute Gasteiger partial charge is 0.360 e. The molecule has 0 unspecified atom stereocenters. The Morgan fingerprint density at radius 1 is 1.00 bits per heavy atom. The van der Waals surface area contributed by atoms with Gasteiger partial charge >= 0.3 is 6.03 Å². The van der Waals surface area contributed by atoms with Crippen LogP contribution in [0.2, 0.25) is 0 Å². The lowest BCUT2D eigenvalue weighted by Crippen LogP contribution is -3.16. The molecule has 0 aliphatic carbocycles. The van der Waals surface area contributed by atoms with Crippen LogP contribution < -0.4 is 20.4 Å². The van der Waals surface area contributed by atoms with E-state index in [0.29, 0.717) is 6.54 Å². The van der Waals surface area contributed by atoms with Gasteiger partial charge in [0.05, 0.1) is 26.2 Å². The first-order chi connectivity index (χ1) is 13.1. The van der Waals surface area contributed by atoms with E-state index in [2.05, 4.69) is 15.5 Å². The van der Waals surface area contributed by atoms with Crippen LogP contribution in [0.1, 0.15) is 5.56 Å². The maximum atomic E-state index is 13.0. The van der Waals surface area contributed by atoms with Gasteiger partial charge in [-0.3, -0.25) is 10.1 Å². The number of amides is 3. The van der Waals surface area contributed by atoms with Crippen molar-refractivity contribution in [3.8, 4) is 0 Å². The number of benzene rings is 2. The molecule has 1 heterocycles. The Kier molecular flexibility index (Phi) is 6.38. The van der Waals surface area contributed by atoms with E-state index in [0.717, 1.165) is 42.3 Å². The number of carbonyl (C=O) groups is 2. The average Bonchev–Trinajstić information content (AvgIpc) is 2.68. The number of imide groups is 1. The Morgan fingerprint density at radius 3 is 2.33 bits per heavy atom. The van der Waals surface area contributed by atoms with Crippen molar-refractivity contribution in [3.63, 3.8) is 0 Å². The van der Waals surface area contributed by atoms with Crippen LogP contribution in [0, 0.1) is 5.82 Å². The molecule has 1 fully saturated rings. The highest BCUT2D eigenvalue weighted by Gasteiger charge is 2.23. The lowest BCUT2D eigenvalue weighted by atomic mass is 10.2. The molecule has 2 aromatic rings. The summed E-state index contributed by atoms with van der Waals surface area (Å²) >= 11 is 0. The Labute approximate surface area is 158 Å². The molecule has 1 aliphatic heterocycles. The number of quaternary nitrogens is 1. The van der Waals surface area contributed by atoms with Crippen LogP contribution in [0.25, 0.3) is 0 Å². The van der Waals surface area contributed by atoms with Crippen LogP contribution in [-0.2, 0) is 11.3 Å². The summed E-state index contributed by atoms with van der Waals surface area (Å²) in [6.07, 6.45) is 0. The second kappa shape index (κ2) is 9.14. The number of piperazine rings is 1. The zero-order valence-electron chi connectivity index (χ0n) is 15.1. The Bertz CT molecular complexity index is 759. The van der Waals surface area contributed by atoms with Gasteiger partial charge in [-0.25, -0.2) is 9.18 Å². The second-order valence-corrected chi connectivity index (χ2v) is 6.61. The van der Waals surface area contributed by atoms with Crippen molar-refractivity contribution in [1.29, 1.82) is 0 Å². The van der Waals surface area contributed by atoms with Gasteiger partial charge in [-0.2, -0.15) is 0 Å². The molecule has 1 saturated heterocycles. The van der Waals surface area contributed by atoms with Crippen molar-refractivity contribution in [2.75, 3.05) is 37.6 Å². The summed E-state index contributed by atoms with van der Waals surface area (Å²) < 4.78 is 13.0. The highest BCUT2D eigenvalue weighted by atomic mass is 19.1. The number of rotatable bonds is 5. The predicted octanol–water partition coefficient (Wildman–Crippen LogP) is 0.557. The molecule has 27 heavy (non-hydrogen) atoms. The second-order valence-electron chi connectivity index (χ2n) is 6.61. The van der Waals surface area contributed by atoms with Crippen molar-refractivity contribution >= 4 is 17.6 Å². The van der Waals surface area contributed by atoms with Gasteiger partial charge in [0.25, 0.3) is 5.91 Å². The number of hydrogen-bond donors (Lipinski definition) is 3. The fourth-order valence-corrected chi connectivity index (χ4v) is 3.13. The zero-order chi connectivity index (χ0) is 19.1. The van der Waals surface area contributed by atoms with E-state index in [1.807, 2.05) is 30.3 Å². The summed E-state index contributed by atoms with van der Waals surface area (Å²) in [5.41, 5.74) is 1.96. The van der Waals surface area contributed by atoms with Gasteiger partial charge in [0, 0.05) is 12.2 Å². The minimum Gasteiger partial charge on any atom is -0.360 e. The Hall–Kier alpha value is -2.93. The molecule has 3 N–H and O–H groups in total. The lowest BCUT2D eigenvalue weighted by molar-refractivity contribution is -0.892. The molecule has 0 spiro atoms. The van der Waals surface area contributed by atoms with E-state index in [4.69, 9.17) is 0 Å². The first kappa shape index (κ1) is 18.8. The molecule has 2 aromatic carbocycles. The maximum Gasteiger partial charge on any atom is 0.321 e. The molecule has 3 amide bonds. The van der Waals surface area contributed by atoms with E-state index in [9.17, 15) is 14.0 Å². The maximum absolute atomic E-state index is 13.0. The van der Waals surface area contributed by atoms with Gasteiger partial charge in [0.2, 0.25) is 0 Å². The zero-order valence-corrected chi connectivity index (χ0v) is 15.1. The molecule has 0 radical (unpaired) electrons. The first-order valence-electron chi connectivity index (χ1n) is 9.06. The fraction of sp³-hybridized carbons (Fsp3) is 0.300. The van der Waals surface area contributed by atoms with Crippen LogP contribution >= 0.6 is 0 Å². The molecule has 7 heteroatoms. The van der Waals surface area contributed by atoms with Gasteiger partial charge in [-0.15, -0.1) is 0 Å². The topological polar surface area (TPSA) is 65.9 Å². The van der Waals surface area contributed by atoms with Gasteiger partial charge in [0.15, 0.2) is 6.54 Å². The third-order valence-corrected chi connectivity index (χ3v) is 4.62. The van der Waals surface area contributed by atoms with Crippen LogP contribution in [0.4, 0.5) is 14.9 Å². The minimum atomic E-state index is -0.479. The predicted molar refractivity (Wildman–Crippen MR) is 101 cm³/mol. The molecule has 6 nitrogen and oxygen atoms in total. The average molecular weight is 371 g/mol. The first-order valence-corrected chi connectivity index (χ1v) is 9.06. The third kappa shape index (κ3) is 5.79. The van der Waals surface area contributed by atoms with Crippen LogP contribution in [0.3, 0.4) is 0 Å². The summed E-state index contributed by atoms with van der Waals surface area (Å²) in [7, 11) is 0. The van der Waals surface area contributed by atoms with Gasteiger partial charge in [-0.05, 0) is 29.8 Å². The number of hydrogen-bond acceptors (Lipinski definition) is 3. The number of urea groups is 1. The quantitative estimate of drug-likeness (QED) is 0.720. The van der Waals surface area contributed by atoms with Crippen molar-refractivity contribution in [1.82, 2.24) is 10.6 Å². The molecule has 1 aliphatic rings. The fourth-order valence-electron chi connectivity index (χ4n) is 3.13. The van der Waals surface area contributed by atoms with Crippen molar-refractivity contribution < 1.29 is 18.9 Å². The van der Waals surface area contributed by atoms with E-state index in [1.54, 1.807) is 12.1 Å². The number of nitrogens with zero attached hydrogens (tertiary/aromatic N) is 1. The monoisotopic (exact) mass is 371 g/mol. The third-order valence-electron chi connectivity index (χ3n) is 4.62. The Morgan fingerprint density at radius 2 is 1.67 bits per heavy atom. The van der Waals surface area contributed by atoms with Crippen LogP contribution in [0.15, 0.2) is 54.6 Å². The van der Waals surface area contributed by atoms with Crippen LogP contribution in [0.5, 0.6) is 0 Å². The number of anilines is 1. The summed E-state index contributed by atoms with van der Waals surface area (Å²) in [4.78, 5) is 27.2. The van der Waals surface area contributed by atoms with Crippen molar-refractivity contribution in [2.24, 2.45) is 0 Å². The molecule has 142 valence electrons. The highest BCUT2D eigenvalue weighted by molar-refractivity contribution is 5.94. The van der Waals surface area contributed by atoms with Crippen LogP contribution in [-0.4, -0.2) is 44.7 Å². The van der Waals surface area contributed by atoms with Crippen molar-refractivity contribution in [3.05, 3.63) is 66.0 Å². The summed E-state index contributed by atoms with van der Waals surface area (Å²) in [6.45, 7) is 3.79. The molecule has 0 atom stereocenters. The Balaban J connectivity index is 1.37. The SMILES string of the molecule is O=C(C[NH+]1CCN(c2ccc(F)cc2)CC1)NC(=O)NCc1ccccc1. The van der Waals surface area contributed by atoms with Crippen molar-refractivity contribution in [2.45, 2.75) is 6.54 Å². The molecule has 3 rings (SSSR count). The standard InChI is InChI=1S/C20H23FN4O2/c21-17-6-8-18(9-7-17)25-12-10-24(11-13-25)15-19(26)23-20(27)22-14-16-4-2-1-3-5-16/h1-9H,10-15H2,(H2,22,23,26,27)/p+1. The smallest absolute Gasteiger partial charge is 0.321 e. The lowest BCUT2D eigenvalue weighted by Gasteiger charge is -2.33. The van der Waals surface area contributed by atoms with E-state index >= 15 is 0 Å². The highest BCUT2D eigenvalue weighted by Crippen LogP contribution is 2.14. The normalized spacial score (nSPS) is 14.6. The number of nitrogens with one attached hydrogen (secondary N) is 3. The molecule has 0 bridgehead atoms. The summed E-state index contributed by atoms with van der Waals surface area (Å²) in [5.74, 6) is -0.531. The molecular formula is C20H24FN4O2+. The molecular weight excluding hydrogens is 347 g/mol. The number of halogens is 1. The van der Waals surface area contributed by atoms with E-state index in [-0.39, 0.29) is 18.3 Å². The van der Waals surface area contributed by atoms with Gasteiger partial charge in [-0.1, -0.05) is 30.3 Å². The number of carbonyl (C=O) groups excluding carboxylic acids is 2. The summed E-state index contributed by atoms with van der Waals surface area (Å²) in [6, 6.07) is 15.5. The van der Waals surface area contributed by atoms with Gasteiger partial charge in [0.1, 0.15) is 5.82 Å². The summed E-state index contributed by atoms with van der Waals surface area (Å²) in [5, 5.41) is 5.06. The molecule has 0 aromatic heterocycles.